The summed E-state index contributed by atoms with van der Waals surface area (Å²) in [6.45, 7) is 6.70. The largest absolute Gasteiger partial charge is 0.493 e. The molecular weight excluding hydrogens is 414 g/mol. The average Bonchev–Trinajstić information content (AvgIpc) is 2.67. The van der Waals surface area contributed by atoms with Gasteiger partial charge in [0.1, 0.15) is 6.61 Å². The van der Waals surface area contributed by atoms with Crippen LogP contribution in [-0.4, -0.2) is 13.3 Å². The summed E-state index contributed by atoms with van der Waals surface area (Å²) in [5.74, 6) is 1.36. The second-order valence-corrected chi connectivity index (χ2v) is 7.71. The molecule has 0 bridgehead atoms. The molecule has 3 aromatic rings. The summed E-state index contributed by atoms with van der Waals surface area (Å²) < 4.78 is 12.4. The maximum Gasteiger partial charge on any atom is 0.175 e. The summed E-state index contributed by atoms with van der Waals surface area (Å²) in [5, 5.41) is 0. The smallest absolute Gasteiger partial charge is 0.175 e. The molecule has 0 aliphatic rings. The highest BCUT2D eigenvalue weighted by molar-refractivity contribution is 9.10. The number of ether oxygens (including phenoxy) is 2. The lowest BCUT2D eigenvalue weighted by Gasteiger charge is -2.13. The van der Waals surface area contributed by atoms with E-state index in [1.54, 1.807) is 7.11 Å². The zero-order valence-electron chi connectivity index (χ0n) is 16.6. The quantitative estimate of drug-likeness (QED) is 0.401. The molecule has 0 saturated carbocycles. The van der Waals surface area contributed by atoms with E-state index in [-0.39, 0.29) is 0 Å². The van der Waals surface area contributed by atoms with Crippen LogP contribution in [0.3, 0.4) is 0 Å². The Balaban J connectivity index is 1.80. The maximum absolute atomic E-state index is 6.02. The lowest BCUT2D eigenvalue weighted by Crippen LogP contribution is -1.99. The molecule has 0 N–H and O–H groups in total. The predicted molar refractivity (Wildman–Crippen MR) is 119 cm³/mol. The van der Waals surface area contributed by atoms with Crippen molar-refractivity contribution < 1.29 is 9.47 Å². The molecule has 0 aliphatic carbocycles. The van der Waals surface area contributed by atoms with E-state index >= 15 is 0 Å². The van der Waals surface area contributed by atoms with Gasteiger partial charge in [0.25, 0.3) is 0 Å². The second-order valence-electron chi connectivity index (χ2n) is 6.86. The van der Waals surface area contributed by atoms with Crippen molar-refractivity contribution in [2.75, 3.05) is 7.11 Å². The van der Waals surface area contributed by atoms with E-state index in [9.17, 15) is 0 Å². The molecule has 0 aliphatic heterocycles. The first-order valence-electron chi connectivity index (χ1n) is 9.13. The van der Waals surface area contributed by atoms with Gasteiger partial charge in [-0.05, 0) is 71.6 Å². The summed E-state index contributed by atoms with van der Waals surface area (Å²) in [6, 6.07) is 18.5. The third-order valence-electron chi connectivity index (χ3n) is 4.46. The number of methoxy groups -OCH3 is 1. The Labute approximate surface area is 175 Å². The minimum absolute atomic E-state index is 0.477. The molecule has 0 atom stereocenters. The third-order valence-corrected chi connectivity index (χ3v) is 5.05. The van der Waals surface area contributed by atoms with Crippen LogP contribution in [0.5, 0.6) is 11.5 Å². The van der Waals surface area contributed by atoms with Crippen molar-refractivity contribution in [2.24, 2.45) is 4.99 Å². The number of rotatable bonds is 6. The van der Waals surface area contributed by atoms with Crippen molar-refractivity contribution in [3.8, 4) is 11.5 Å². The van der Waals surface area contributed by atoms with Crippen LogP contribution in [-0.2, 0) is 6.61 Å². The summed E-state index contributed by atoms with van der Waals surface area (Å²) in [5.41, 5.74) is 6.62. The van der Waals surface area contributed by atoms with Crippen molar-refractivity contribution in [1.82, 2.24) is 0 Å². The average molecular weight is 438 g/mol. The summed E-state index contributed by atoms with van der Waals surface area (Å²) in [6.07, 6.45) is 1.84. The second kappa shape index (κ2) is 9.07. The minimum atomic E-state index is 0.477. The molecule has 0 saturated heterocycles. The van der Waals surface area contributed by atoms with E-state index in [2.05, 4.69) is 78.1 Å². The standard InChI is InChI=1S/C24H24BrNO2/c1-16-5-8-19(9-6-16)15-28-24-21(25)12-20(13-23(24)27-4)14-26-22-10-7-17(2)11-18(22)3/h5-14H,15H2,1-4H3. The Morgan fingerprint density at radius 1 is 0.929 bits per heavy atom. The van der Waals surface area contributed by atoms with Crippen molar-refractivity contribution in [2.45, 2.75) is 27.4 Å². The molecule has 0 unspecified atom stereocenters. The van der Waals surface area contributed by atoms with Crippen molar-refractivity contribution in [3.05, 3.63) is 86.9 Å². The Morgan fingerprint density at radius 2 is 1.64 bits per heavy atom. The molecule has 0 aromatic heterocycles. The van der Waals surface area contributed by atoms with Gasteiger partial charge in [-0.1, -0.05) is 47.5 Å². The first-order valence-corrected chi connectivity index (χ1v) is 9.93. The van der Waals surface area contributed by atoms with Crippen LogP contribution in [0.15, 0.2) is 64.1 Å². The van der Waals surface area contributed by atoms with Gasteiger partial charge in [-0.3, -0.25) is 4.99 Å². The molecule has 0 amide bonds. The molecule has 4 heteroatoms. The van der Waals surface area contributed by atoms with E-state index in [0.29, 0.717) is 18.1 Å². The number of nitrogens with zero attached hydrogens (tertiary/aromatic N) is 1. The van der Waals surface area contributed by atoms with Crippen LogP contribution < -0.4 is 9.47 Å². The van der Waals surface area contributed by atoms with Crippen LogP contribution in [0.4, 0.5) is 5.69 Å². The number of benzene rings is 3. The topological polar surface area (TPSA) is 30.8 Å². The van der Waals surface area contributed by atoms with Gasteiger partial charge < -0.3 is 9.47 Å². The van der Waals surface area contributed by atoms with Crippen molar-refractivity contribution in [3.63, 3.8) is 0 Å². The summed E-state index contributed by atoms with van der Waals surface area (Å²) in [7, 11) is 1.64. The number of hydrogen-bond acceptors (Lipinski definition) is 3. The van der Waals surface area contributed by atoms with Gasteiger partial charge >= 0.3 is 0 Å². The fourth-order valence-electron chi connectivity index (χ4n) is 2.89. The molecular formula is C24H24BrNO2. The SMILES string of the molecule is COc1cc(C=Nc2ccc(C)cc2C)cc(Br)c1OCc1ccc(C)cc1. The first kappa shape index (κ1) is 20.2. The third kappa shape index (κ3) is 5.02. The Kier molecular flexibility index (Phi) is 6.53. The van der Waals surface area contributed by atoms with Gasteiger partial charge in [-0.2, -0.15) is 0 Å². The van der Waals surface area contributed by atoms with Crippen LogP contribution in [0, 0.1) is 20.8 Å². The molecule has 28 heavy (non-hydrogen) atoms. The van der Waals surface area contributed by atoms with Gasteiger partial charge in [0, 0.05) is 6.21 Å². The summed E-state index contributed by atoms with van der Waals surface area (Å²) in [4.78, 5) is 4.62. The van der Waals surface area contributed by atoms with Gasteiger partial charge in [0.05, 0.1) is 17.3 Å². The molecule has 0 radical (unpaired) electrons. The fraction of sp³-hybridized carbons (Fsp3) is 0.208. The molecule has 0 spiro atoms. The van der Waals surface area contributed by atoms with Gasteiger partial charge in [0.15, 0.2) is 11.5 Å². The van der Waals surface area contributed by atoms with Crippen molar-refractivity contribution in [1.29, 1.82) is 0 Å². The van der Waals surface area contributed by atoms with Gasteiger partial charge in [-0.25, -0.2) is 0 Å². The highest BCUT2D eigenvalue weighted by atomic mass is 79.9. The van der Waals surface area contributed by atoms with E-state index in [4.69, 9.17) is 9.47 Å². The highest BCUT2D eigenvalue weighted by Crippen LogP contribution is 2.37. The first-order chi connectivity index (χ1) is 13.5. The van der Waals surface area contributed by atoms with Crippen molar-refractivity contribution >= 4 is 27.8 Å². The molecule has 3 nitrogen and oxygen atoms in total. The number of aliphatic imine (C=N–C) groups is 1. The van der Waals surface area contributed by atoms with Crippen LogP contribution in [0.1, 0.15) is 27.8 Å². The summed E-state index contributed by atoms with van der Waals surface area (Å²) >= 11 is 3.61. The highest BCUT2D eigenvalue weighted by Gasteiger charge is 2.11. The van der Waals surface area contributed by atoms with E-state index < -0.39 is 0 Å². The zero-order chi connectivity index (χ0) is 20.1. The Bertz CT molecular complexity index is 994. The van der Waals surface area contributed by atoms with Crippen LogP contribution in [0.2, 0.25) is 0 Å². The monoisotopic (exact) mass is 437 g/mol. The predicted octanol–water partition coefficient (Wildman–Crippen LogP) is 6.71. The van der Waals surface area contributed by atoms with E-state index in [0.717, 1.165) is 26.9 Å². The maximum atomic E-state index is 6.02. The Morgan fingerprint density at radius 3 is 2.32 bits per heavy atom. The van der Waals surface area contributed by atoms with Gasteiger partial charge in [0.2, 0.25) is 0 Å². The minimum Gasteiger partial charge on any atom is -0.493 e. The molecule has 3 aromatic carbocycles. The zero-order valence-corrected chi connectivity index (χ0v) is 18.2. The molecule has 3 rings (SSSR count). The van der Waals surface area contributed by atoms with E-state index in [1.165, 1.54) is 11.1 Å². The number of halogens is 1. The lowest BCUT2D eigenvalue weighted by molar-refractivity contribution is 0.282. The number of aryl methyl sites for hydroxylation is 3. The van der Waals surface area contributed by atoms with Crippen LogP contribution >= 0.6 is 15.9 Å². The van der Waals surface area contributed by atoms with E-state index in [1.807, 2.05) is 24.4 Å². The molecule has 0 fully saturated rings. The van der Waals surface area contributed by atoms with Gasteiger partial charge in [-0.15, -0.1) is 0 Å². The molecule has 0 heterocycles. The lowest BCUT2D eigenvalue weighted by atomic mass is 10.1. The molecule has 144 valence electrons. The van der Waals surface area contributed by atoms with Crippen LogP contribution in [0.25, 0.3) is 0 Å². The Hall–Kier alpha value is -2.59. The number of hydrogen-bond donors (Lipinski definition) is 0. The normalized spacial score (nSPS) is 11.0. The fourth-order valence-corrected chi connectivity index (χ4v) is 3.46.